The van der Waals surface area contributed by atoms with Crippen LogP contribution < -0.4 is 0 Å². The number of benzene rings is 3. The molecule has 1 unspecified atom stereocenters. The van der Waals surface area contributed by atoms with Gasteiger partial charge in [-0.3, -0.25) is 4.79 Å². The molecule has 129 valence electrons. The SMILES string of the molecule is CN(C(=O)c1[c]cc2ccccc2c1)C1CC=C(c2ccccc2)CC1. The lowest BCUT2D eigenvalue weighted by molar-refractivity contribution is 0.0724. The average molecular weight is 340 g/mol. The molecular weight excluding hydrogens is 318 g/mol. The average Bonchev–Trinajstić information content (AvgIpc) is 2.73. The molecule has 26 heavy (non-hydrogen) atoms. The Bertz CT molecular complexity index is 958. The highest BCUT2D eigenvalue weighted by molar-refractivity contribution is 5.98. The van der Waals surface area contributed by atoms with Crippen LogP contribution in [0.1, 0.15) is 35.2 Å². The maximum absolute atomic E-state index is 12.9. The van der Waals surface area contributed by atoms with Crippen LogP contribution in [0.15, 0.2) is 72.8 Å². The molecule has 1 amide bonds. The van der Waals surface area contributed by atoms with Crippen molar-refractivity contribution >= 4 is 22.3 Å². The van der Waals surface area contributed by atoms with Crippen molar-refractivity contribution in [2.24, 2.45) is 0 Å². The predicted octanol–water partition coefficient (Wildman–Crippen LogP) is 5.35. The van der Waals surface area contributed by atoms with Crippen molar-refractivity contribution in [3.05, 3.63) is 90.0 Å². The maximum Gasteiger partial charge on any atom is 0.254 e. The van der Waals surface area contributed by atoms with Crippen LogP contribution in [0.5, 0.6) is 0 Å². The highest BCUT2D eigenvalue weighted by Crippen LogP contribution is 2.29. The summed E-state index contributed by atoms with van der Waals surface area (Å²) in [5, 5.41) is 2.19. The molecule has 0 bridgehead atoms. The number of carbonyl (C=O) groups excluding carboxylic acids is 1. The van der Waals surface area contributed by atoms with Gasteiger partial charge in [0.1, 0.15) is 0 Å². The third kappa shape index (κ3) is 3.28. The van der Waals surface area contributed by atoms with Gasteiger partial charge in [-0.2, -0.15) is 0 Å². The van der Waals surface area contributed by atoms with Crippen molar-refractivity contribution in [2.75, 3.05) is 7.05 Å². The number of nitrogens with zero attached hydrogens (tertiary/aromatic N) is 1. The summed E-state index contributed by atoms with van der Waals surface area (Å²) >= 11 is 0. The highest BCUT2D eigenvalue weighted by atomic mass is 16.2. The van der Waals surface area contributed by atoms with E-state index in [4.69, 9.17) is 0 Å². The Labute approximate surface area is 154 Å². The lowest BCUT2D eigenvalue weighted by Gasteiger charge is -2.31. The predicted molar refractivity (Wildman–Crippen MR) is 107 cm³/mol. The lowest BCUT2D eigenvalue weighted by atomic mass is 9.90. The second-order valence-electron chi connectivity index (χ2n) is 6.92. The first-order valence-electron chi connectivity index (χ1n) is 9.14. The fraction of sp³-hybridized carbons (Fsp3) is 0.208. The molecule has 0 saturated carbocycles. The molecule has 3 aromatic rings. The molecule has 1 aliphatic rings. The Morgan fingerprint density at radius 3 is 2.50 bits per heavy atom. The summed E-state index contributed by atoms with van der Waals surface area (Å²) in [6.45, 7) is 0. The topological polar surface area (TPSA) is 20.3 Å². The van der Waals surface area contributed by atoms with E-state index in [0.29, 0.717) is 5.56 Å². The van der Waals surface area contributed by atoms with Crippen molar-refractivity contribution < 1.29 is 4.79 Å². The van der Waals surface area contributed by atoms with Crippen molar-refractivity contribution in [3.8, 4) is 0 Å². The van der Waals surface area contributed by atoms with Crippen molar-refractivity contribution in [2.45, 2.75) is 25.3 Å². The molecule has 0 aliphatic heterocycles. The van der Waals surface area contributed by atoms with Gasteiger partial charge >= 0.3 is 0 Å². The molecule has 2 heteroatoms. The fourth-order valence-electron chi connectivity index (χ4n) is 3.69. The Balaban J connectivity index is 1.49. The van der Waals surface area contributed by atoms with E-state index in [0.717, 1.165) is 30.0 Å². The van der Waals surface area contributed by atoms with E-state index in [2.05, 4.69) is 36.4 Å². The standard InChI is InChI=1S/C24H22NO/c1-25(23-15-13-20(14-16-23)18-7-3-2-4-8-18)24(26)22-12-11-19-9-5-6-10-21(19)17-22/h2-11,13,17,23H,14-16H2,1H3. The van der Waals surface area contributed by atoms with Gasteiger partial charge in [0.05, 0.1) is 0 Å². The van der Waals surface area contributed by atoms with E-state index >= 15 is 0 Å². The molecule has 0 saturated heterocycles. The zero-order chi connectivity index (χ0) is 17.9. The number of amides is 1. The van der Waals surface area contributed by atoms with Crippen LogP contribution in [0.25, 0.3) is 16.3 Å². The Hall–Kier alpha value is -2.87. The van der Waals surface area contributed by atoms with Crippen LogP contribution in [-0.4, -0.2) is 23.9 Å². The first-order chi connectivity index (χ1) is 12.7. The van der Waals surface area contributed by atoms with Gasteiger partial charge in [-0.1, -0.05) is 60.7 Å². The molecule has 1 atom stereocenters. The minimum Gasteiger partial charge on any atom is -0.338 e. The molecule has 1 aliphatic carbocycles. The Kier molecular flexibility index (Phi) is 4.57. The smallest absolute Gasteiger partial charge is 0.254 e. The number of allylic oxidation sites excluding steroid dienone is 1. The molecule has 0 spiro atoms. The Morgan fingerprint density at radius 2 is 1.77 bits per heavy atom. The van der Waals surface area contributed by atoms with E-state index in [-0.39, 0.29) is 11.9 Å². The van der Waals surface area contributed by atoms with Gasteiger partial charge in [0.2, 0.25) is 0 Å². The largest absolute Gasteiger partial charge is 0.338 e. The molecule has 3 aromatic carbocycles. The van der Waals surface area contributed by atoms with E-state index < -0.39 is 0 Å². The van der Waals surface area contributed by atoms with E-state index in [9.17, 15) is 4.79 Å². The molecule has 0 N–H and O–H groups in total. The summed E-state index contributed by atoms with van der Waals surface area (Å²) in [6, 6.07) is 25.9. The molecular formula is C24H22NO. The number of rotatable bonds is 3. The zero-order valence-electron chi connectivity index (χ0n) is 15.0. The summed E-state index contributed by atoms with van der Waals surface area (Å²) in [4.78, 5) is 14.8. The third-order valence-electron chi connectivity index (χ3n) is 5.31. The van der Waals surface area contributed by atoms with Crippen LogP contribution in [0.4, 0.5) is 0 Å². The first-order valence-corrected chi connectivity index (χ1v) is 9.14. The van der Waals surface area contributed by atoms with E-state index in [1.165, 1.54) is 11.1 Å². The molecule has 0 fully saturated rings. The normalized spacial score (nSPS) is 17.0. The van der Waals surface area contributed by atoms with Gasteiger partial charge in [0, 0.05) is 18.7 Å². The lowest BCUT2D eigenvalue weighted by Crippen LogP contribution is -2.37. The quantitative estimate of drug-likeness (QED) is 0.629. The molecule has 0 aromatic heterocycles. The molecule has 2 nitrogen and oxygen atoms in total. The second-order valence-corrected chi connectivity index (χ2v) is 6.92. The monoisotopic (exact) mass is 340 g/mol. The summed E-state index contributed by atoms with van der Waals surface area (Å²) in [6.07, 6.45) is 5.20. The number of hydrogen-bond donors (Lipinski definition) is 0. The van der Waals surface area contributed by atoms with Gasteiger partial charge < -0.3 is 4.90 Å². The van der Waals surface area contributed by atoms with Crippen molar-refractivity contribution in [1.82, 2.24) is 4.90 Å². The van der Waals surface area contributed by atoms with Gasteiger partial charge in [0.25, 0.3) is 5.91 Å². The minimum atomic E-state index is 0.0531. The molecule has 1 radical (unpaired) electrons. The van der Waals surface area contributed by atoms with Gasteiger partial charge in [0.15, 0.2) is 0 Å². The number of fused-ring (bicyclic) bond motifs is 1. The number of hydrogen-bond acceptors (Lipinski definition) is 1. The van der Waals surface area contributed by atoms with Crippen LogP contribution in [0, 0.1) is 6.07 Å². The molecule has 0 heterocycles. The Morgan fingerprint density at radius 1 is 1.04 bits per heavy atom. The second kappa shape index (κ2) is 7.17. The van der Waals surface area contributed by atoms with Crippen LogP contribution >= 0.6 is 0 Å². The minimum absolute atomic E-state index is 0.0531. The van der Waals surface area contributed by atoms with Crippen molar-refractivity contribution in [1.29, 1.82) is 0 Å². The first kappa shape index (κ1) is 16.6. The van der Waals surface area contributed by atoms with Crippen LogP contribution in [0.2, 0.25) is 0 Å². The number of carbonyl (C=O) groups is 1. The van der Waals surface area contributed by atoms with E-state index in [1.54, 1.807) is 0 Å². The summed E-state index contributed by atoms with van der Waals surface area (Å²) < 4.78 is 0. The van der Waals surface area contributed by atoms with Crippen LogP contribution in [0.3, 0.4) is 0 Å². The van der Waals surface area contributed by atoms with Gasteiger partial charge in [-0.25, -0.2) is 0 Å². The summed E-state index contributed by atoms with van der Waals surface area (Å²) in [5.41, 5.74) is 3.33. The molecule has 4 rings (SSSR count). The third-order valence-corrected chi connectivity index (χ3v) is 5.31. The van der Waals surface area contributed by atoms with Gasteiger partial charge in [-0.05, 0) is 59.4 Å². The fourth-order valence-corrected chi connectivity index (χ4v) is 3.69. The summed E-state index contributed by atoms with van der Waals surface area (Å²) in [7, 11) is 1.91. The summed E-state index contributed by atoms with van der Waals surface area (Å²) in [5.74, 6) is 0.0531. The van der Waals surface area contributed by atoms with Crippen LogP contribution in [-0.2, 0) is 0 Å². The van der Waals surface area contributed by atoms with Crippen molar-refractivity contribution in [3.63, 3.8) is 0 Å². The van der Waals surface area contributed by atoms with E-state index in [1.807, 2.05) is 54.4 Å². The maximum atomic E-state index is 12.9. The van der Waals surface area contributed by atoms with Gasteiger partial charge in [-0.15, -0.1) is 0 Å². The zero-order valence-corrected chi connectivity index (χ0v) is 15.0. The highest BCUT2D eigenvalue weighted by Gasteiger charge is 2.23.